The number of nitrogens with zero attached hydrogens (tertiary/aromatic N) is 2. The highest BCUT2D eigenvalue weighted by atomic mass is 35.5. The van der Waals surface area contributed by atoms with Gasteiger partial charge in [-0.15, -0.1) is 0 Å². The van der Waals surface area contributed by atoms with Crippen molar-refractivity contribution >= 4 is 46.1 Å². The van der Waals surface area contributed by atoms with E-state index >= 15 is 0 Å². The number of pyridine rings is 1. The van der Waals surface area contributed by atoms with Gasteiger partial charge in [-0.3, -0.25) is 4.90 Å². The lowest BCUT2D eigenvalue weighted by atomic mass is 9.80. The zero-order valence-corrected chi connectivity index (χ0v) is 17.7. The van der Waals surface area contributed by atoms with E-state index in [1.54, 1.807) is 12.3 Å². The van der Waals surface area contributed by atoms with E-state index in [-0.39, 0.29) is 18.2 Å². The van der Waals surface area contributed by atoms with Crippen LogP contribution in [0.4, 0.5) is 4.79 Å². The first kappa shape index (κ1) is 19.7. The third-order valence-electron chi connectivity index (χ3n) is 4.83. The van der Waals surface area contributed by atoms with Crippen molar-refractivity contribution in [1.82, 2.24) is 9.88 Å². The van der Waals surface area contributed by atoms with Gasteiger partial charge in [-0.25, -0.2) is 9.78 Å². The highest BCUT2D eigenvalue weighted by Gasteiger charge is 2.61. The molecule has 1 amide bonds. The van der Waals surface area contributed by atoms with Crippen LogP contribution in [0.2, 0.25) is 5.15 Å². The molecule has 0 saturated carbocycles. The van der Waals surface area contributed by atoms with Crippen LogP contribution in [-0.2, 0) is 15.1 Å². The average molecular weight is 415 g/mol. The lowest BCUT2D eigenvalue weighted by molar-refractivity contribution is -0.00352. The Morgan fingerprint density at radius 1 is 1.42 bits per heavy atom. The molecule has 2 fully saturated rings. The van der Waals surface area contributed by atoms with Crippen molar-refractivity contribution in [3.8, 4) is 0 Å². The second kappa shape index (κ2) is 7.17. The van der Waals surface area contributed by atoms with Gasteiger partial charge in [0.15, 0.2) is 5.60 Å². The predicted molar refractivity (Wildman–Crippen MR) is 108 cm³/mol. The van der Waals surface area contributed by atoms with Crippen LogP contribution in [-0.4, -0.2) is 44.3 Å². The first-order valence-electron chi connectivity index (χ1n) is 8.56. The van der Waals surface area contributed by atoms with Gasteiger partial charge in [0.1, 0.15) is 10.8 Å². The Labute approximate surface area is 168 Å². The molecule has 3 rings (SSSR count). The average Bonchev–Trinajstić information content (AvgIpc) is 3.10. The van der Waals surface area contributed by atoms with E-state index in [1.165, 1.54) is 11.8 Å². The number of thiocarbonyl (C=S) groups is 1. The molecule has 2 aliphatic rings. The summed E-state index contributed by atoms with van der Waals surface area (Å²) < 4.78 is 12.4. The second-order valence-corrected chi connectivity index (χ2v) is 9.45. The summed E-state index contributed by atoms with van der Waals surface area (Å²) in [6.07, 6.45) is 5.74. The largest absolute Gasteiger partial charge is 0.465 e. The van der Waals surface area contributed by atoms with Crippen molar-refractivity contribution in [3.63, 3.8) is 0 Å². The second-order valence-electron chi connectivity index (χ2n) is 7.65. The number of thioether (sulfide) groups is 1. The van der Waals surface area contributed by atoms with Crippen LogP contribution in [0, 0.1) is 0 Å². The van der Waals surface area contributed by atoms with Gasteiger partial charge >= 0.3 is 6.09 Å². The Bertz CT molecular complexity index is 707. The summed E-state index contributed by atoms with van der Waals surface area (Å²) in [5.74, 6) is 0. The topological polar surface area (TPSA) is 51.7 Å². The number of hydrogen-bond donors (Lipinski definition) is 0. The van der Waals surface area contributed by atoms with Gasteiger partial charge in [0.25, 0.3) is 0 Å². The Morgan fingerprint density at radius 2 is 2.15 bits per heavy atom. The molecule has 2 bridgehead atoms. The number of carbonyl (C=O) groups is 1. The molecule has 0 radical (unpaired) electrons. The molecule has 1 aromatic heterocycles. The third kappa shape index (κ3) is 3.66. The van der Waals surface area contributed by atoms with E-state index in [0.29, 0.717) is 16.0 Å². The summed E-state index contributed by atoms with van der Waals surface area (Å²) in [5, 5.41) is 0.420. The summed E-state index contributed by atoms with van der Waals surface area (Å²) in [4.78, 5) is 18.9. The molecule has 26 heavy (non-hydrogen) atoms. The number of rotatable bonds is 2. The van der Waals surface area contributed by atoms with Gasteiger partial charge in [-0.2, -0.15) is 0 Å². The molecule has 0 aromatic carbocycles. The van der Waals surface area contributed by atoms with Crippen LogP contribution in [0.5, 0.6) is 0 Å². The minimum absolute atomic E-state index is 0.0650. The SMILES string of the molecule is CSC(=S)O[C@]1(c2ccc(Cl)nc2)C[C@@H]2CC[C@H]1N2C(=O)OC(C)(C)C. The van der Waals surface area contributed by atoms with Crippen LogP contribution in [0.25, 0.3) is 0 Å². The van der Waals surface area contributed by atoms with Crippen LogP contribution in [0.3, 0.4) is 0 Å². The Balaban J connectivity index is 1.97. The van der Waals surface area contributed by atoms with Crippen molar-refractivity contribution in [2.24, 2.45) is 0 Å². The quantitative estimate of drug-likeness (QED) is 0.513. The molecule has 3 atom stereocenters. The summed E-state index contributed by atoms with van der Waals surface area (Å²) in [5.41, 5.74) is -0.365. The fraction of sp³-hybridized carbons (Fsp3) is 0.611. The molecule has 0 unspecified atom stereocenters. The van der Waals surface area contributed by atoms with E-state index in [4.69, 9.17) is 33.3 Å². The maximum Gasteiger partial charge on any atom is 0.410 e. The number of hydrogen-bond acceptors (Lipinski definition) is 6. The van der Waals surface area contributed by atoms with Gasteiger partial charge < -0.3 is 9.47 Å². The summed E-state index contributed by atoms with van der Waals surface area (Å²) in [7, 11) is 0. The third-order valence-corrected chi connectivity index (χ3v) is 6.06. The molecule has 8 heteroatoms. The lowest BCUT2D eigenvalue weighted by Crippen LogP contribution is -2.47. The van der Waals surface area contributed by atoms with Gasteiger partial charge in [0, 0.05) is 24.2 Å². The fourth-order valence-corrected chi connectivity index (χ4v) is 4.41. The smallest absolute Gasteiger partial charge is 0.410 e. The van der Waals surface area contributed by atoms with E-state index in [0.717, 1.165) is 18.4 Å². The lowest BCUT2D eigenvalue weighted by Gasteiger charge is -2.37. The molecule has 2 saturated heterocycles. The number of fused-ring (bicyclic) bond motifs is 2. The maximum absolute atomic E-state index is 12.8. The standard InChI is InChI=1S/C18H23ClN2O3S2/c1-17(2,3)23-15(22)21-12-6-7-13(21)18(9-12,24-16(25)26-4)11-5-8-14(19)20-10-11/h5,8,10,12-13H,6-7,9H2,1-4H3/t12-,13+,18-/m0/s1. The highest BCUT2D eigenvalue weighted by Crippen LogP contribution is 2.53. The van der Waals surface area contributed by atoms with Gasteiger partial charge in [-0.1, -0.05) is 29.4 Å². The zero-order chi connectivity index (χ0) is 19.1. The van der Waals surface area contributed by atoms with Crippen LogP contribution >= 0.6 is 35.6 Å². The highest BCUT2D eigenvalue weighted by molar-refractivity contribution is 8.22. The number of halogens is 1. The summed E-state index contributed by atoms with van der Waals surface area (Å²) >= 11 is 12.7. The molecule has 2 aliphatic heterocycles. The Kier molecular flexibility index (Phi) is 5.43. The number of amides is 1. The molecule has 0 spiro atoms. The maximum atomic E-state index is 12.8. The predicted octanol–water partition coefficient (Wildman–Crippen LogP) is 4.77. The van der Waals surface area contributed by atoms with Crippen molar-refractivity contribution in [1.29, 1.82) is 0 Å². The monoisotopic (exact) mass is 414 g/mol. The number of ether oxygens (including phenoxy) is 2. The van der Waals surface area contributed by atoms with Crippen LogP contribution in [0.15, 0.2) is 18.3 Å². The Morgan fingerprint density at radius 3 is 2.73 bits per heavy atom. The molecular formula is C18H23ClN2O3S2. The minimum Gasteiger partial charge on any atom is -0.465 e. The van der Waals surface area contributed by atoms with Gasteiger partial charge in [0.05, 0.1) is 6.04 Å². The zero-order valence-electron chi connectivity index (χ0n) is 15.3. The molecule has 142 valence electrons. The molecule has 0 N–H and O–H groups in total. The number of carbonyl (C=O) groups excluding carboxylic acids is 1. The minimum atomic E-state index is -0.711. The van der Waals surface area contributed by atoms with Crippen LogP contribution in [0.1, 0.15) is 45.6 Å². The summed E-state index contributed by atoms with van der Waals surface area (Å²) in [6, 6.07) is 3.57. The molecule has 3 heterocycles. The van der Waals surface area contributed by atoms with E-state index < -0.39 is 11.2 Å². The van der Waals surface area contributed by atoms with Crippen molar-refractivity contribution in [2.45, 2.75) is 63.3 Å². The van der Waals surface area contributed by atoms with E-state index in [2.05, 4.69) is 4.98 Å². The van der Waals surface area contributed by atoms with Crippen LogP contribution < -0.4 is 0 Å². The number of aromatic nitrogens is 1. The fourth-order valence-electron chi connectivity index (χ4n) is 3.91. The van der Waals surface area contributed by atoms with Crippen molar-refractivity contribution in [2.75, 3.05) is 6.26 Å². The molecule has 0 aliphatic carbocycles. The molecule has 5 nitrogen and oxygen atoms in total. The normalized spacial score (nSPS) is 27.5. The molecule has 1 aromatic rings. The first-order chi connectivity index (χ1) is 12.2. The van der Waals surface area contributed by atoms with Gasteiger partial charge in [-0.05, 0) is 58.2 Å². The van der Waals surface area contributed by atoms with Gasteiger partial charge in [0.2, 0.25) is 4.38 Å². The Hall–Kier alpha value is -1.05. The van der Waals surface area contributed by atoms with E-state index in [1.807, 2.05) is 38.0 Å². The summed E-state index contributed by atoms with van der Waals surface area (Å²) in [6.45, 7) is 5.62. The van der Waals surface area contributed by atoms with Crippen molar-refractivity contribution < 1.29 is 14.3 Å². The molecular weight excluding hydrogens is 392 g/mol. The van der Waals surface area contributed by atoms with E-state index in [9.17, 15) is 4.79 Å². The first-order valence-corrected chi connectivity index (χ1v) is 10.6. The van der Waals surface area contributed by atoms with Crippen molar-refractivity contribution in [3.05, 3.63) is 29.0 Å².